The van der Waals surface area contributed by atoms with Gasteiger partial charge in [-0.3, -0.25) is 9.79 Å². The van der Waals surface area contributed by atoms with Crippen LogP contribution in [0.25, 0.3) is 0 Å². The lowest BCUT2D eigenvalue weighted by molar-refractivity contribution is -0.121. The van der Waals surface area contributed by atoms with Gasteiger partial charge in [0.2, 0.25) is 5.91 Å². The number of amides is 1. The number of allylic oxidation sites excluding steroid dienone is 3. The number of nitrogens with one attached hydrogen (secondary N) is 2. The Morgan fingerprint density at radius 3 is 2.89 bits per heavy atom. The van der Waals surface area contributed by atoms with Crippen molar-refractivity contribution < 1.29 is 4.79 Å². The van der Waals surface area contributed by atoms with Crippen LogP contribution in [-0.4, -0.2) is 35.7 Å². The van der Waals surface area contributed by atoms with E-state index in [1.54, 1.807) is 0 Å². The van der Waals surface area contributed by atoms with Crippen molar-refractivity contribution in [2.75, 3.05) is 13.1 Å². The number of thiocarbonyl (C=S) groups is 1. The lowest BCUT2D eigenvalue weighted by Gasteiger charge is -2.24. The summed E-state index contributed by atoms with van der Waals surface area (Å²) in [7, 11) is 0. The van der Waals surface area contributed by atoms with E-state index in [0.717, 1.165) is 43.8 Å². The summed E-state index contributed by atoms with van der Waals surface area (Å²) in [6.45, 7) is 1.41. The molecule has 1 aliphatic heterocycles. The van der Waals surface area contributed by atoms with Crippen LogP contribution in [0.1, 0.15) is 31.2 Å². The number of benzene rings is 1. The fraction of sp³-hybridized carbons (Fsp3) is 0.364. The fourth-order valence-electron chi connectivity index (χ4n) is 3.19. The molecule has 1 unspecified atom stereocenters. The maximum Gasteiger partial charge on any atom is 0.220 e. The van der Waals surface area contributed by atoms with Crippen LogP contribution < -0.4 is 10.6 Å². The van der Waals surface area contributed by atoms with E-state index in [1.165, 1.54) is 5.56 Å². The second-order valence-electron chi connectivity index (χ2n) is 6.85. The molecule has 3 rings (SSSR count). The normalized spacial score (nSPS) is 19.1. The van der Waals surface area contributed by atoms with Crippen LogP contribution in [0, 0.1) is 5.92 Å². The van der Waals surface area contributed by atoms with Crippen molar-refractivity contribution in [2.24, 2.45) is 15.9 Å². The molecule has 6 heteroatoms. The van der Waals surface area contributed by atoms with E-state index in [1.807, 2.05) is 36.4 Å². The third-order valence-corrected chi connectivity index (χ3v) is 4.88. The highest BCUT2D eigenvalue weighted by atomic mass is 32.1. The van der Waals surface area contributed by atoms with Crippen molar-refractivity contribution in [3.05, 3.63) is 60.2 Å². The Morgan fingerprint density at radius 1 is 1.18 bits per heavy atom. The molecule has 146 valence electrons. The second-order valence-corrected chi connectivity index (χ2v) is 7.24. The molecule has 0 saturated heterocycles. The Kier molecular flexibility index (Phi) is 7.67. The molecule has 2 N–H and O–H groups in total. The number of aliphatic imine (C=N–C) groups is 2. The Morgan fingerprint density at radius 2 is 2.04 bits per heavy atom. The predicted molar refractivity (Wildman–Crippen MR) is 119 cm³/mol. The number of carbonyl (C=O) groups is 1. The molecule has 0 aromatic heterocycles. The summed E-state index contributed by atoms with van der Waals surface area (Å²) in [5, 5.41) is 6.57. The molecule has 5 nitrogen and oxygen atoms in total. The minimum atomic E-state index is 0.0760. The predicted octanol–water partition coefficient (Wildman–Crippen LogP) is 3.38. The average molecular weight is 395 g/mol. The maximum absolute atomic E-state index is 11.9. The molecule has 0 bridgehead atoms. The van der Waals surface area contributed by atoms with Crippen LogP contribution in [0.5, 0.6) is 0 Å². The van der Waals surface area contributed by atoms with E-state index in [-0.39, 0.29) is 11.8 Å². The number of rotatable bonds is 9. The van der Waals surface area contributed by atoms with E-state index in [9.17, 15) is 4.79 Å². The van der Waals surface area contributed by atoms with Crippen LogP contribution in [0.15, 0.2) is 64.6 Å². The van der Waals surface area contributed by atoms with Crippen molar-refractivity contribution in [3.8, 4) is 0 Å². The Labute approximate surface area is 171 Å². The molecule has 0 fully saturated rings. The van der Waals surface area contributed by atoms with Gasteiger partial charge < -0.3 is 10.6 Å². The van der Waals surface area contributed by atoms with Gasteiger partial charge in [0.05, 0.1) is 11.6 Å². The first-order chi connectivity index (χ1) is 13.7. The van der Waals surface area contributed by atoms with Gasteiger partial charge in [-0.25, -0.2) is 4.99 Å². The number of amidine groups is 1. The highest BCUT2D eigenvalue weighted by Gasteiger charge is 2.24. The minimum absolute atomic E-state index is 0.0760. The minimum Gasteiger partial charge on any atom is -0.356 e. The van der Waals surface area contributed by atoms with Crippen molar-refractivity contribution in [1.82, 2.24) is 10.6 Å². The summed E-state index contributed by atoms with van der Waals surface area (Å²) < 4.78 is 0. The molecule has 0 saturated carbocycles. The van der Waals surface area contributed by atoms with Crippen molar-refractivity contribution in [1.29, 1.82) is 0 Å². The molecule has 1 heterocycles. The number of hydrogen-bond acceptors (Lipinski definition) is 3. The lowest BCUT2D eigenvalue weighted by atomic mass is 9.96. The lowest BCUT2D eigenvalue weighted by Crippen LogP contribution is -2.42. The van der Waals surface area contributed by atoms with E-state index in [0.29, 0.717) is 18.1 Å². The topological polar surface area (TPSA) is 65.8 Å². The Hall–Kier alpha value is -2.60. The third-order valence-electron chi connectivity index (χ3n) is 4.68. The summed E-state index contributed by atoms with van der Waals surface area (Å²) in [5.74, 6) is 1.07. The van der Waals surface area contributed by atoms with Crippen LogP contribution in [0.2, 0.25) is 0 Å². The van der Waals surface area contributed by atoms with Gasteiger partial charge in [-0.15, -0.1) is 0 Å². The molecule has 1 aromatic carbocycles. The molecule has 0 spiro atoms. The number of nitrogens with zero attached hydrogens (tertiary/aromatic N) is 2. The zero-order valence-corrected chi connectivity index (χ0v) is 16.8. The van der Waals surface area contributed by atoms with Crippen molar-refractivity contribution >= 4 is 34.8 Å². The quantitative estimate of drug-likeness (QED) is 0.498. The van der Waals surface area contributed by atoms with Crippen LogP contribution in [0.4, 0.5) is 0 Å². The average Bonchev–Trinajstić information content (AvgIpc) is 2.71. The number of fused-ring (bicyclic) bond motifs is 1. The fourth-order valence-corrected chi connectivity index (χ4v) is 3.40. The maximum atomic E-state index is 11.9. The SMILES string of the molecule is O=C(CCCCCN=C1NC(=S)N=C2C=CC=CC21)NCCc1ccccc1. The summed E-state index contributed by atoms with van der Waals surface area (Å²) >= 11 is 5.18. The van der Waals surface area contributed by atoms with Gasteiger partial charge in [-0.1, -0.05) is 55.0 Å². The third kappa shape index (κ3) is 6.23. The summed E-state index contributed by atoms with van der Waals surface area (Å²) in [5.41, 5.74) is 2.19. The smallest absolute Gasteiger partial charge is 0.220 e. The zero-order chi connectivity index (χ0) is 19.6. The Balaban J connectivity index is 1.29. The number of hydrogen-bond donors (Lipinski definition) is 2. The molecular weight excluding hydrogens is 368 g/mol. The summed E-state index contributed by atoms with van der Waals surface area (Å²) in [4.78, 5) is 20.9. The molecule has 28 heavy (non-hydrogen) atoms. The molecular formula is C22H26N4OS. The molecule has 1 aromatic rings. The van der Waals surface area contributed by atoms with E-state index < -0.39 is 0 Å². The molecule has 1 atom stereocenters. The van der Waals surface area contributed by atoms with Crippen LogP contribution in [0.3, 0.4) is 0 Å². The van der Waals surface area contributed by atoms with E-state index in [4.69, 9.17) is 12.2 Å². The van der Waals surface area contributed by atoms with E-state index >= 15 is 0 Å². The highest BCUT2D eigenvalue weighted by molar-refractivity contribution is 7.80. The van der Waals surface area contributed by atoms with Crippen molar-refractivity contribution in [2.45, 2.75) is 32.1 Å². The standard InChI is InChI=1S/C22H26N4OS/c27-20(23-16-14-17-9-3-1-4-10-17)13-5-2-8-15-24-21-18-11-6-7-12-19(18)25-22(28)26-21/h1,3-4,6-7,9-12,18H,2,5,8,13-16H2,(H,23,27)(H,24,26,28). The van der Waals surface area contributed by atoms with Gasteiger partial charge in [-0.05, 0) is 43.1 Å². The number of carbonyl (C=O) groups excluding carboxylic acids is 1. The molecule has 1 aliphatic carbocycles. The van der Waals surface area contributed by atoms with Gasteiger partial charge >= 0.3 is 0 Å². The summed E-state index contributed by atoms with van der Waals surface area (Å²) in [6.07, 6.45) is 12.3. The molecule has 1 amide bonds. The Bertz CT molecular complexity index is 811. The molecule has 2 aliphatic rings. The van der Waals surface area contributed by atoms with Crippen LogP contribution >= 0.6 is 12.2 Å². The highest BCUT2D eigenvalue weighted by Crippen LogP contribution is 2.15. The van der Waals surface area contributed by atoms with Gasteiger partial charge in [0.1, 0.15) is 5.84 Å². The first kappa shape index (κ1) is 20.1. The van der Waals surface area contributed by atoms with Gasteiger partial charge in [0.25, 0.3) is 0 Å². The molecule has 0 radical (unpaired) electrons. The van der Waals surface area contributed by atoms with Gasteiger partial charge in [0.15, 0.2) is 5.11 Å². The summed E-state index contributed by atoms with van der Waals surface area (Å²) in [6, 6.07) is 10.2. The first-order valence-electron chi connectivity index (χ1n) is 9.82. The largest absolute Gasteiger partial charge is 0.356 e. The first-order valence-corrected chi connectivity index (χ1v) is 10.2. The zero-order valence-electron chi connectivity index (χ0n) is 15.9. The number of unbranched alkanes of at least 4 members (excludes halogenated alkanes) is 2. The van der Waals surface area contributed by atoms with E-state index in [2.05, 4.69) is 38.8 Å². The van der Waals surface area contributed by atoms with Gasteiger partial charge in [-0.2, -0.15) is 0 Å². The van der Waals surface area contributed by atoms with Crippen molar-refractivity contribution in [3.63, 3.8) is 0 Å². The van der Waals surface area contributed by atoms with Gasteiger partial charge in [0, 0.05) is 19.5 Å². The monoisotopic (exact) mass is 394 g/mol. The van der Waals surface area contributed by atoms with Crippen LogP contribution in [-0.2, 0) is 11.2 Å². The second kappa shape index (κ2) is 10.7.